The molecule has 0 N–H and O–H groups in total. The number of amides is 3. The Morgan fingerprint density at radius 1 is 1.32 bits per heavy atom. The molecule has 6 nitrogen and oxygen atoms in total. The molecule has 0 bridgehead atoms. The molecule has 0 aliphatic carbocycles. The van der Waals surface area contributed by atoms with Gasteiger partial charge in [-0.1, -0.05) is 13.3 Å². The van der Waals surface area contributed by atoms with Crippen LogP contribution in [0.2, 0.25) is 0 Å². The largest absolute Gasteiger partial charge is 0.445 e. The summed E-state index contributed by atoms with van der Waals surface area (Å²) >= 11 is 1.77. The number of dihydropyridines is 1. The van der Waals surface area contributed by atoms with Crippen molar-refractivity contribution in [2.45, 2.75) is 32.6 Å². The Balaban J connectivity index is 1.85. The number of imide groups is 1. The zero-order valence-electron chi connectivity index (χ0n) is 15.3. The Bertz CT molecular complexity index is 662. The predicted molar refractivity (Wildman–Crippen MR) is 101 cm³/mol. The van der Waals surface area contributed by atoms with Crippen LogP contribution in [-0.2, 0) is 4.79 Å². The molecular formula is C18H27N4O2S+. The lowest BCUT2D eigenvalue weighted by Crippen LogP contribution is -2.52. The van der Waals surface area contributed by atoms with Crippen LogP contribution < -0.4 is 0 Å². The molecule has 3 heterocycles. The highest BCUT2D eigenvalue weighted by molar-refractivity contribution is 8.03. The second-order valence-electron chi connectivity index (χ2n) is 6.82. The molecule has 0 aromatic heterocycles. The first kappa shape index (κ1) is 18.3. The van der Waals surface area contributed by atoms with Gasteiger partial charge >= 0.3 is 11.9 Å². The Labute approximate surface area is 153 Å². The number of rotatable bonds is 6. The van der Waals surface area contributed by atoms with Crippen molar-refractivity contribution in [2.24, 2.45) is 10.9 Å². The van der Waals surface area contributed by atoms with E-state index in [-0.39, 0.29) is 11.9 Å². The Morgan fingerprint density at radius 2 is 2.04 bits per heavy atom. The van der Waals surface area contributed by atoms with Crippen molar-refractivity contribution >= 4 is 35.8 Å². The fraction of sp³-hybridized carbons (Fsp3) is 0.667. The van der Waals surface area contributed by atoms with Crippen LogP contribution in [-0.4, -0.2) is 77.8 Å². The van der Waals surface area contributed by atoms with Gasteiger partial charge in [0.25, 0.3) is 5.84 Å². The summed E-state index contributed by atoms with van der Waals surface area (Å²) in [5, 5.41) is 0. The summed E-state index contributed by atoms with van der Waals surface area (Å²) < 4.78 is 1.51. The first-order valence-electron chi connectivity index (χ1n) is 9.09. The van der Waals surface area contributed by atoms with E-state index >= 15 is 0 Å². The molecule has 25 heavy (non-hydrogen) atoms. The second-order valence-corrected chi connectivity index (χ2v) is 7.96. The number of hydrogen-bond donors (Lipinski definition) is 0. The van der Waals surface area contributed by atoms with Crippen LogP contribution in [0.15, 0.2) is 15.5 Å². The molecule has 1 saturated heterocycles. The van der Waals surface area contributed by atoms with Gasteiger partial charge < -0.3 is 4.90 Å². The fourth-order valence-electron chi connectivity index (χ4n) is 3.62. The van der Waals surface area contributed by atoms with Crippen molar-refractivity contribution in [3.8, 4) is 0 Å². The molecular weight excluding hydrogens is 336 g/mol. The van der Waals surface area contributed by atoms with Crippen LogP contribution in [0, 0.1) is 5.92 Å². The minimum absolute atomic E-state index is 0.160. The van der Waals surface area contributed by atoms with Crippen LogP contribution in [0.25, 0.3) is 0 Å². The molecule has 3 aliphatic heterocycles. The molecule has 0 radical (unpaired) electrons. The van der Waals surface area contributed by atoms with Gasteiger partial charge in [0.2, 0.25) is 0 Å². The molecule has 1 atom stereocenters. The highest BCUT2D eigenvalue weighted by atomic mass is 32.2. The van der Waals surface area contributed by atoms with Crippen molar-refractivity contribution in [3.05, 3.63) is 10.5 Å². The molecule has 1 fully saturated rings. The number of carbonyl (C=O) groups is 2. The van der Waals surface area contributed by atoms with Crippen LogP contribution >= 0.6 is 11.8 Å². The number of carbonyl (C=O) groups excluding carboxylic acids is 2. The van der Waals surface area contributed by atoms with Gasteiger partial charge in [0, 0.05) is 17.2 Å². The van der Waals surface area contributed by atoms with E-state index in [9.17, 15) is 9.59 Å². The first-order valence-corrected chi connectivity index (χ1v) is 10.1. The molecule has 0 aromatic carbocycles. The van der Waals surface area contributed by atoms with E-state index in [2.05, 4.69) is 16.8 Å². The normalized spacial score (nSPS) is 24.6. The maximum absolute atomic E-state index is 12.8. The summed E-state index contributed by atoms with van der Waals surface area (Å²) in [6, 6.07) is -0.311. The van der Waals surface area contributed by atoms with E-state index in [4.69, 9.17) is 0 Å². The van der Waals surface area contributed by atoms with Crippen molar-refractivity contribution in [2.75, 3.05) is 39.5 Å². The number of likely N-dealkylation sites (tertiary alicyclic amines) is 1. The predicted octanol–water partition coefficient (Wildman–Crippen LogP) is 2.20. The maximum atomic E-state index is 12.8. The van der Waals surface area contributed by atoms with E-state index in [0.717, 1.165) is 35.6 Å². The molecule has 0 saturated carbocycles. The summed E-state index contributed by atoms with van der Waals surface area (Å²) in [6.07, 6.45) is 6.36. The number of aliphatic imine (C=N–C) groups is 1. The number of hydrogen-bond acceptors (Lipinski definition) is 5. The van der Waals surface area contributed by atoms with E-state index < -0.39 is 5.92 Å². The third-order valence-corrected chi connectivity index (χ3v) is 6.26. The van der Waals surface area contributed by atoms with Gasteiger partial charge in [-0.2, -0.15) is 9.48 Å². The van der Waals surface area contributed by atoms with E-state index in [1.165, 1.54) is 35.4 Å². The third-order valence-electron chi connectivity index (χ3n) is 5.07. The lowest BCUT2D eigenvalue weighted by atomic mass is 9.96. The average Bonchev–Trinajstić information content (AvgIpc) is 3.12. The Hall–Kier alpha value is -1.47. The summed E-state index contributed by atoms with van der Waals surface area (Å²) in [5.41, 5.74) is 1.15. The summed E-state index contributed by atoms with van der Waals surface area (Å²) in [7, 11) is 3.25. The quantitative estimate of drug-likeness (QED) is 0.679. The van der Waals surface area contributed by atoms with E-state index in [1.807, 2.05) is 6.21 Å². The minimum atomic E-state index is -0.428. The molecule has 0 spiro atoms. The van der Waals surface area contributed by atoms with Crippen LogP contribution in [0.4, 0.5) is 4.79 Å². The highest BCUT2D eigenvalue weighted by Gasteiger charge is 2.48. The van der Waals surface area contributed by atoms with Crippen LogP contribution in [0.3, 0.4) is 0 Å². The number of nitrogens with zero attached hydrogens (tertiary/aromatic N) is 4. The summed E-state index contributed by atoms with van der Waals surface area (Å²) in [4.78, 5) is 34.3. The lowest BCUT2D eigenvalue weighted by Gasteiger charge is -2.28. The monoisotopic (exact) mass is 363 g/mol. The fourth-order valence-corrected chi connectivity index (χ4v) is 4.91. The molecule has 3 rings (SSSR count). The topological polar surface area (TPSA) is 56.0 Å². The first-order chi connectivity index (χ1) is 12.0. The maximum Gasteiger partial charge on any atom is 0.445 e. The smallest absolute Gasteiger partial charge is 0.303 e. The standard InChI is InChI=1S/C18H27N4O2S/c1-4-7-13-12-19-16-14(17(23)21(3)18(24)20(16)2)15(13)25-11-10-22-8-5-6-9-22/h12,14H,4-11H2,1-3H3/q+1. The number of urea groups is 1. The SMILES string of the molecule is CCCC1=C(SCCN2CCCC2)C2C(=O)N(C)C(=O)[N+](C)=C2N=C1. The minimum Gasteiger partial charge on any atom is -0.303 e. The van der Waals surface area contributed by atoms with Crippen LogP contribution in [0.1, 0.15) is 32.6 Å². The van der Waals surface area contributed by atoms with Gasteiger partial charge in [0.05, 0.1) is 14.1 Å². The lowest BCUT2D eigenvalue weighted by molar-refractivity contribution is -0.407. The molecule has 3 aliphatic rings. The number of thioether (sulfide) groups is 1. The van der Waals surface area contributed by atoms with Crippen LogP contribution in [0.5, 0.6) is 0 Å². The molecule has 0 aromatic rings. The third kappa shape index (κ3) is 3.58. The van der Waals surface area contributed by atoms with Gasteiger partial charge in [-0.3, -0.25) is 4.79 Å². The number of allylic oxidation sites excluding steroid dienone is 1. The molecule has 7 heteroatoms. The number of amidine groups is 1. The Morgan fingerprint density at radius 3 is 2.72 bits per heavy atom. The highest BCUT2D eigenvalue weighted by Crippen LogP contribution is 2.36. The number of fused-ring (bicyclic) bond motifs is 1. The van der Waals surface area contributed by atoms with Gasteiger partial charge in [-0.25, -0.2) is 4.79 Å². The Kier molecular flexibility index (Phi) is 5.74. The van der Waals surface area contributed by atoms with Crippen molar-refractivity contribution in [1.82, 2.24) is 9.80 Å². The van der Waals surface area contributed by atoms with Gasteiger partial charge in [-0.05, 0) is 37.9 Å². The average molecular weight is 364 g/mol. The second kappa shape index (κ2) is 7.83. The summed E-state index contributed by atoms with van der Waals surface area (Å²) in [5.74, 6) is 0.945. The van der Waals surface area contributed by atoms with Crippen molar-refractivity contribution in [1.29, 1.82) is 0 Å². The zero-order chi connectivity index (χ0) is 18.0. The van der Waals surface area contributed by atoms with E-state index in [0.29, 0.717) is 5.84 Å². The zero-order valence-corrected chi connectivity index (χ0v) is 16.1. The molecule has 1 unspecified atom stereocenters. The van der Waals surface area contributed by atoms with Gasteiger partial charge in [0.1, 0.15) is 6.21 Å². The van der Waals surface area contributed by atoms with Gasteiger partial charge in [-0.15, -0.1) is 16.8 Å². The summed E-state index contributed by atoms with van der Waals surface area (Å²) in [6.45, 7) is 5.55. The molecule has 136 valence electrons. The van der Waals surface area contributed by atoms with E-state index in [1.54, 1.807) is 25.9 Å². The van der Waals surface area contributed by atoms with Crippen molar-refractivity contribution in [3.63, 3.8) is 0 Å². The van der Waals surface area contributed by atoms with Gasteiger partial charge in [0.15, 0.2) is 5.92 Å². The van der Waals surface area contributed by atoms with Crippen molar-refractivity contribution < 1.29 is 14.2 Å². The molecule has 3 amide bonds.